The molecule has 0 spiro atoms. The molecule has 1 unspecified atom stereocenters. The van der Waals surface area contributed by atoms with Gasteiger partial charge in [0.15, 0.2) is 0 Å². The summed E-state index contributed by atoms with van der Waals surface area (Å²) in [6.45, 7) is 2.88. The predicted molar refractivity (Wildman–Crippen MR) is 36.5 cm³/mol. The lowest BCUT2D eigenvalue weighted by molar-refractivity contribution is 0.179. The minimum absolute atomic E-state index is 0.277. The van der Waals surface area contributed by atoms with Gasteiger partial charge in [-0.2, -0.15) is 0 Å². The minimum Gasteiger partial charge on any atom is -0.387 e. The van der Waals surface area contributed by atoms with E-state index in [4.69, 9.17) is 0 Å². The Balaban J connectivity index is 2.53. The number of nitrogens with zero attached hydrogens (tertiary/aromatic N) is 2. The van der Waals surface area contributed by atoms with Crippen LogP contribution in [0.4, 0.5) is 0 Å². The molecule has 0 fully saturated rings. The third-order valence-electron chi connectivity index (χ3n) is 2.05. The molecule has 0 aromatic carbocycles. The molecule has 0 bridgehead atoms. The molecule has 1 N–H and O–H groups in total. The number of aliphatic hydroxyl groups is 1. The molecule has 10 heavy (non-hydrogen) atoms. The van der Waals surface area contributed by atoms with Crippen LogP contribution in [0, 0.1) is 6.92 Å². The maximum Gasteiger partial charge on any atom is 0.105 e. The van der Waals surface area contributed by atoms with E-state index in [1.165, 1.54) is 0 Å². The van der Waals surface area contributed by atoms with E-state index in [1.54, 1.807) is 6.20 Å². The van der Waals surface area contributed by atoms with Crippen molar-refractivity contribution < 1.29 is 5.11 Å². The molecule has 1 aromatic rings. The first-order valence-corrected chi connectivity index (χ1v) is 3.49. The Bertz CT molecular complexity index is 254. The van der Waals surface area contributed by atoms with E-state index in [1.807, 2.05) is 6.92 Å². The summed E-state index contributed by atoms with van der Waals surface area (Å²) in [7, 11) is 0. The van der Waals surface area contributed by atoms with Crippen molar-refractivity contribution in [3.05, 3.63) is 17.7 Å². The molecule has 0 saturated heterocycles. The number of imidazole rings is 1. The molecular weight excluding hydrogens is 128 g/mol. The van der Waals surface area contributed by atoms with Crippen molar-refractivity contribution in [3.63, 3.8) is 0 Å². The number of hydrogen-bond acceptors (Lipinski definition) is 2. The zero-order chi connectivity index (χ0) is 7.14. The summed E-state index contributed by atoms with van der Waals surface area (Å²) in [5.74, 6) is 1.01. The highest BCUT2D eigenvalue weighted by molar-refractivity contribution is 5.11. The Hall–Kier alpha value is -0.830. The Labute approximate surface area is 59.3 Å². The zero-order valence-corrected chi connectivity index (χ0v) is 5.91. The Kier molecular flexibility index (Phi) is 1.08. The van der Waals surface area contributed by atoms with E-state index >= 15 is 0 Å². The average Bonchev–Trinajstić information content (AvgIpc) is 2.41. The minimum atomic E-state index is -0.277. The molecular formula is C7H10N2O. The number of aliphatic hydroxyl groups excluding tert-OH is 1. The molecule has 0 amide bonds. The summed E-state index contributed by atoms with van der Waals surface area (Å²) in [6.07, 6.45) is 2.33. The van der Waals surface area contributed by atoms with Gasteiger partial charge < -0.3 is 9.67 Å². The van der Waals surface area contributed by atoms with Crippen LogP contribution in [0.5, 0.6) is 0 Å². The van der Waals surface area contributed by atoms with Gasteiger partial charge in [0.2, 0.25) is 0 Å². The van der Waals surface area contributed by atoms with Crippen molar-refractivity contribution in [1.82, 2.24) is 9.55 Å². The average molecular weight is 138 g/mol. The molecule has 2 rings (SSSR count). The first kappa shape index (κ1) is 5.92. The third kappa shape index (κ3) is 0.609. The van der Waals surface area contributed by atoms with Gasteiger partial charge in [-0.15, -0.1) is 0 Å². The largest absolute Gasteiger partial charge is 0.387 e. The lowest BCUT2D eigenvalue weighted by Crippen LogP contribution is -1.94. The molecule has 3 nitrogen and oxygen atoms in total. The van der Waals surface area contributed by atoms with Crippen LogP contribution in [0.1, 0.15) is 24.0 Å². The molecule has 1 aliphatic heterocycles. The fourth-order valence-corrected chi connectivity index (χ4v) is 1.44. The molecule has 0 radical (unpaired) electrons. The SMILES string of the molecule is Cc1ncc2n1CCC2O. The monoisotopic (exact) mass is 138 g/mol. The third-order valence-corrected chi connectivity index (χ3v) is 2.05. The lowest BCUT2D eigenvalue weighted by atomic mass is 10.2. The van der Waals surface area contributed by atoms with Crippen LogP contribution in [-0.2, 0) is 6.54 Å². The molecule has 1 atom stereocenters. The highest BCUT2D eigenvalue weighted by Gasteiger charge is 2.21. The molecule has 1 aliphatic rings. The van der Waals surface area contributed by atoms with Gasteiger partial charge in [0.05, 0.1) is 18.0 Å². The van der Waals surface area contributed by atoms with Crippen molar-refractivity contribution >= 4 is 0 Å². The smallest absolute Gasteiger partial charge is 0.105 e. The highest BCUT2D eigenvalue weighted by Crippen LogP contribution is 2.25. The quantitative estimate of drug-likeness (QED) is 0.571. The van der Waals surface area contributed by atoms with E-state index in [0.717, 1.165) is 24.5 Å². The summed E-state index contributed by atoms with van der Waals surface area (Å²) >= 11 is 0. The lowest BCUT2D eigenvalue weighted by Gasteiger charge is -1.96. The van der Waals surface area contributed by atoms with Crippen LogP contribution in [0.25, 0.3) is 0 Å². The summed E-state index contributed by atoms with van der Waals surface area (Å²) in [4.78, 5) is 4.09. The summed E-state index contributed by atoms with van der Waals surface area (Å²) in [5.41, 5.74) is 0.970. The molecule has 2 heterocycles. The van der Waals surface area contributed by atoms with E-state index in [2.05, 4.69) is 9.55 Å². The second kappa shape index (κ2) is 1.83. The topological polar surface area (TPSA) is 38.0 Å². The maximum atomic E-state index is 9.33. The summed E-state index contributed by atoms with van der Waals surface area (Å²) in [6, 6.07) is 0. The van der Waals surface area contributed by atoms with Crippen molar-refractivity contribution in [2.45, 2.75) is 26.0 Å². The number of rotatable bonds is 0. The van der Waals surface area contributed by atoms with Crippen molar-refractivity contribution in [3.8, 4) is 0 Å². The van der Waals surface area contributed by atoms with Gasteiger partial charge in [-0.05, 0) is 13.3 Å². The second-order valence-electron chi connectivity index (χ2n) is 2.69. The van der Waals surface area contributed by atoms with Crippen LogP contribution in [0.3, 0.4) is 0 Å². The Morgan fingerprint density at radius 1 is 1.80 bits per heavy atom. The fourth-order valence-electron chi connectivity index (χ4n) is 1.44. The number of fused-ring (bicyclic) bond motifs is 1. The van der Waals surface area contributed by atoms with E-state index in [9.17, 15) is 5.11 Å². The van der Waals surface area contributed by atoms with E-state index in [0.29, 0.717) is 0 Å². The van der Waals surface area contributed by atoms with Crippen molar-refractivity contribution in [1.29, 1.82) is 0 Å². The van der Waals surface area contributed by atoms with Gasteiger partial charge >= 0.3 is 0 Å². The van der Waals surface area contributed by atoms with Crippen LogP contribution in [0.2, 0.25) is 0 Å². The van der Waals surface area contributed by atoms with Crippen LogP contribution < -0.4 is 0 Å². The van der Waals surface area contributed by atoms with Gasteiger partial charge in [-0.25, -0.2) is 4.98 Å². The van der Waals surface area contributed by atoms with Gasteiger partial charge in [0.1, 0.15) is 5.82 Å². The normalized spacial score (nSPS) is 23.2. The second-order valence-corrected chi connectivity index (χ2v) is 2.69. The standard InChI is InChI=1S/C7H10N2O/c1-5-8-4-6-7(10)2-3-9(5)6/h4,7,10H,2-3H2,1H3. The molecule has 0 saturated carbocycles. The predicted octanol–water partition coefficient (Wildman–Crippen LogP) is 0.629. The van der Waals surface area contributed by atoms with Gasteiger partial charge in [0.25, 0.3) is 0 Å². The Morgan fingerprint density at radius 3 is 3.30 bits per heavy atom. The van der Waals surface area contributed by atoms with Crippen LogP contribution >= 0.6 is 0 Å². The van der Waals surface area contributed by atoms with Crippen molar-refractivity contribution in [2.24, 2.45) is 0 Å². The molecule has 54 valence electrons. The molecule has 1 aromatic heterocycles. The van der Waals surface area contributed by atoms with Gasteiger partial charge in [0, 0.05) is 6.54 Å². The van der Waals surface area contributed by atoms with E-state index < -0.39 is 0 Å². The number of aryl methyl sites for hydroxylation is 1. The summed E-state index contributed by atoms with van der Waals surface area (Å²) < 4.78 is 2.06. The zero-order valence-electron chi connectivity index (χ0n) is 5.91. The first-order chi connectivity index (χ1) is 4.79. The Morgan fingerprint density at radius 2 is 2.60 bits per heavy atom. The summed E-state index contributed by atoms with van der Waals surface area (Å²) in [5, 5.41) is 9.33. The van der Waals surface area contributed by atoms with Crippen molar-refractivity contribution in [2.75, 3.05) is 0 Å². The van der Waals surface area contributed by atoms with Crippen LogP contribution in [-0.4, -0.2) is 14.7 Å². The molecule has 0 aliphatic carbocycles. The molecule has 3 heteroatoms. The number of hydrogen-bond donors (Lipinski definition) is 1. The fraction of sp³-hybridized carbons (Fsp3) is 0.571. The van der Waals surface area contributed by atoms with Gasteiger partial charge in [-0.3, -0.25) is 0 Å². The number of aromatic nitrogens is 2. The first-order valence-electron chi connectivity index (χ1n) is 3.49. The highest BCUT2D eigenvalue weighted by atomic mass is 16.3. The van der Waals surface area contributed by atoms with Gasteiger partial charge in [-0.1, -0.05) is 0 Å². The van der Waals surface area contributed by atoms with Crippen LogP contribution in [0.15, 0.2) is 6.20 Å². The maximum absolute atomic E-state index is 9.33. The van der Waals surface area contributed by atoms with E-state index in [-0.39, 0.29) is 6.10 Å².